The van der Waals surface area contributed by atoms with E-state index in [4.69, 9.17) is 14.2 Å². The highest BCUT2D eigenvalue weighted by Gasteiger charge is 2.20. The van der Waals surface area contributed by atoms with E-state index in [9.17, 15) is 9.59 Å². The van der Waals surface area contributed by atoms with Crippen LogP contribution in [0.1, 0.15) is 52.0 Å². The van der Waals surface area contributed by atoms with Crippen molar-refractivity contribution in [3.63, 3.8) is 0 Å². The molecule has 0 spiro atoms. The first-order valence-electron chi connectivity index (χ1n) is 8.67. The summed E-state index contributed by atoms with van der Waals surface area (Å²) in [4.78, 5) is 24.7. The number of ketones is 1. The molecule has 1 aromatic carbocycles. The number of ether oxygens (including phenoxy) is 3. The summed E-state index contributed by atoms with van der Waals surface area (Å²) in [5.74, 6) is 0.378. The van der Waals surface area contributed by atoms with E-state index in [0.717, 1.165) is 11.4 Å². The van der Waals surface area contributed by atoms with Gasteiger partial charge in [0, 0.05) is 23.0 Å². The third-order valence-electron chi connectivity index (χ3n) is 4.42. The van der Waals surface area contributed by atoms with Crippen molar-refractivity contribution in [3.05, 3.63) is 46.8 Å². The lowest BCUT2D eigenvalue weighted by atomic mass is 10.1. The summed E-state index contributed by atoms with van der Waals surface area (Å²) in [7, 11) is 0. The summed E-state index contributed by atoms with van der Waals surface area (Å²) in [5, 5.41) is 0. The first kappa shape index (κ1) is 18.0. The van der Waals surface area contributed by atoms with Gasteiger partial charge in [0.2, 0.25) is 0 Å². The molecule has 2 heterocycles. The molecule has 26 heavy (non-hydrogen) atoms. The van der Waals surface area contributed by atoms with Gasteiger partial charge in [-0.2, -0.15) is 0 Å². The Morgan fingerprint density at radius 2 is 1.81 bits per heavy atom. The van der Waals surface area contributed by atoms with Crippen LogP contribution in [0.2, 0.25) is 0 Å². The van der Waals surface area contributed by atoms with E-state index in [-0.39, 0.29) is 18.4 Å². The molecule has 0 radical (unpaired) electrons. The Kier molecular flexibility index (Phi) is 5.02. The zero-order valence-electron chi connectivity index (χ0n) is 15.5. The Labute approximate surface area is 152 Å². The van der Waals surface area contributed by atoms with Gasteiger partial charge in [-0.1, -0.05) is 0 Å². The number of carbonyl (C=O) groups is 2. The van der Waals surface area contributed by atoms with E-state index >= 15 is 0 Å². The van der Waals surface area contributed by atoms with Gasteiger partial charge in [-0.15, -0.1) is 0 Å². The van der Waals surface area contributed by atoms with Gasteiger partial charge in [0.05, 0.1) is 5.56 Å². The Bertz CT molecular complexity index is 850. The maximum absolute atomic E-state index is 12.4. The molecule has 2 aromatic rings. The SMILES string of the molecule is Cc1cc(C(=O)OCC(=O)c2ccc3c(c2)OCCO3)c(C)n1C(C)C. The first-order chi connectivity index (χ1) is 12.4. The number of Topliss-reactive ketones (excluding diaryl/α,β-unsaturated/α-hetero) is 1. The van der Waals surface area contributed by atoms with Gasteiger partial charge in [0.1, 0.15) is 13.2 Å². The number of rotatable bonds is 5. The normalized spacial score (nSPS) is 13.0. The number of hydrogen-bond donors (Lipinski definition) is 0. The minimum Gasteiger partial charge on any atom is -0.486 e. The van der Waals surface area contributed by atoms with Crippen LogP contribution < -0.4 is 9.47 Å². The minimum absolute atomic E-state index is 0.246. The summed E-state index contributed by atoms with van der Waals surface area (Å²) in [5.41, 5.74) is 2.75. The molecular weight excluding hydrogens is 334 g/mol. The zero-order chi connectivity index (χ0) is 18.8. The fraction of sp³-hybridized carbons (Fsp3) is 0.400. The van der Waals surface area contributed by atoms with E-state index in [2.05, 4.69) is 18.4 Å². The van der Waals surface area contributed by atoms with Crippen molar-refractivity contribution >= 4 is 11.8 Å². The average molecular weight is 357 g/mol. The molecule has 0 bridgehead atoms. The molecule has 0 saturated heterocycles. The lowest BCUT2D eigenvalue weighted by Crippen LogP contribution is -2.17. The van der Waals surface area contributed by atoms with E-state index in [0.29, 0.717) is 35.8 Å². The van der Waals surface area contributed by atoms with Crippen LogP contribution in [0, 0.1) is 13.8 Å². The van der Waals surface area contributed by atoms with Crippen LogP contribution >= 0.6 is 0 Å². The van der Waals surface area contributed by atoms with Crippen LogP contribution in [0.4, 0.5) is 0 Å². The van der Waals surface area contributed by atoms with Gasteiger partial charge >= 0.3 is 5.97 Å². The molecule has 0 saturated carbocycles. The second-order valence-corrected chi connectivity index (χ2v) is 6.61. The quantitative estimate of drug-likeness (QED) is 0.605. The Balaban J connectivity index is 1.68. The number of carbonyl (C=O) groups excluding carboxylic acids is 2. The second kappa shape index (κ2) is 7.23. The van der Waals surface area contributed by atoms with Crippen molar-refractivity contribution in [2.45, 2.75) is 33.7 Å². The number of hydrogen-bond acceptors (Lipinski definition) is 5. The van der Waals surface area contributed by atoms with Crippen LogP contribution in [0.15, 0.2) is 24.3 Å². The number of benzene rings is 1. The van der Waals surface area contributed by atoms with E-state index < -0.39 is 5.97 Å². The summed E-state index contributed by atoms with van der Waals surface area (Å²) in [6, 6.07) is 7.01. The van der Waals surface area contributed by atoms with Crippen LogP contribution in [-0.4, -0.2) is 36.1 Å². The standard InChI is InChI=1S/C20H23NO5/c1-12(2)21-13(3)9-16(14(21)4)20(23)26-11-17(22)15-5-6-18-19(10-15)25-8-7-24-18/h5-6,9-10,12H,7-8,11H2,1-4H3. The van der Waals surface area contributed by atoms with Gasteiger partial charge in [-0.25, -0.2) is 4.79 Å². The topological polar surface area (TPSA) is 66.8 Å². The van der Waals surface area contributed by atoms with E-state index in [1.807, 2.05) is 13.8 Å². The number of esters is 1. The van der Waals surface area contributed by atoms with Crippen molar-refractivity contribution in [3.8, 4) is 11.5 Å². The maximum Gasteiger partial charge on any atom is 0.340 e. The summed E-state index contributed by atoms with van der Waals surface area (Å²) in [6.07, 6.45) is 0. The number of aryl methyl sites for hydroxylation is 1. The Hall–Kier alpha value is -2.76. The average Bonchev–Trinajstić information content (AvgIpc) is 2.93. The lowest BCUT2D eigenvalue weighted by Gasteiger charge is -2.18. The van der Waals surface area contributed by atoms with Crippen molar-refractivity contribution in [2.24, 2.45) is 0 Å². The molecular formula is C20H23NO5. The highest BCUT2D eigenvalue weighted by molar-refractivity contribution is 6.00. The smallest absolute Gasteiger partial charge is 0.340 e. The molecule has 3 rings (SSSR count). The molecule has 6 heteroatoms. The van der Waals surface area contributed by atoms with Gasteiger partial charge < -0.3 is 18.8 Å². The Morgan fingerprint density at radius 3 is 2.46 bits per heavy atom. The monoisotopic (exact) mass is 357 g/mol. The largest absolute Gasteiger partial charge is 0.486 e. The van der Waals surface area contributed by atoms with E-state index in [1.54, 1.807) is 24.3 Å². The summed E-state index contributed by atoms with van der Waals surface area (Å²) >= 11 is 0. The lowest BCUT2D eigenvalue weighted by molar-refractivity contribution is 0.0473. The molecule has 0 aliphatic carbocycles. The van der Waals surface area contributed by atoms with E-state index in [1.165, 1.54) is 0 Å². The molecule has 6 nitrogen and oxygen atoms in total. The fourth-order valence-corrected chi connectivity index (χ4v) is 3.29. The highest BCUT2D eigenvalue weighted by atomic mass is 16.6. The molecule has 1 aliphatic heterocycles. The van der Waals surface area contributed by atoms with Crippen LogP contribution in [-0.2, 0) is 4.74 Å². The number of nitrogens with zero attached hydrogens (tertiary/aromatic N) is 1. The zero-order valence-corrected chi connectivity index (χ0v) is 15.5. The predicted octanol–water partition coefficient (Wildman–Crippen LogP) is 3.50. The van der Waals surface area contributed by atoms with Gasteiger partial charge in [0.25, 0.3) is 0 Å². The molecule has 0 atom stereocenters. The molecule has 1 aliphatic rings. The number of aromatic nitrogens is 1. The van der Waals surface area contributed by atoms with Gasteiger partial charge in [-0.3, -0.25) is 4.79 Å². The van der Waals surface area contributed by atoms with Crippen molar-refractivity contribution in [1.82, 2.24) is 4.57 Å². The minimum atomic E-state index is -0.490. The first-order valence-corrected chi connectivity index (χ1v) is 8.67. The van der Waals surface area contributed by atoms with Crippen LogP contribution in [0.3, 0.4) is 0 Å². The fourth-order valence-electron chi connectivity index (χ4n) is 3.29. The summed E-state index contributed by atoms with van der Waals surface area (Å²) < 4.78 is 18.2. The third kappa shape index (κ3) is 3.45. The molecule has 0 unspecified atom stereocenters. The second-order valence-electron chi connectivity index (χ2n) is 6.61. The molecule has 0 fully saturated rings. The van der Waals surface area contributed by atoms with Crippen molar-refractivity contribution < 1.29 is 23.8 Å². The van der Waals surface area contributed by atoms with Crippen molar-refractivity contribution in [2.75, 3.05) is 19.8 Å². The Morgan fingerprint density at radius 1 is 1.12 bits per heavy atom. The van der Waals surface area contributed by atoms with Gasteiger partial charge in [-0.05, 0) is 52.0 Å². The summed E-state index contributed by atoms with van der Waals surface area (Å²) in [6.45, 7) is 8.57. The van der Waals surface area contributed by atoms with Crippen LogP contribution in [0.5, 0.6) is 11.5 Å². The molecule has 0 amide bonds. The van der Waals surface area contributed by atoms with Crippen molar-refractivity contribution in [1.29, 1.82) is 0 Å². The molecule has 0 N–H and O–H groups in total. The highest BCUT2D eigenvalue weighted by Crippen LogP contribution is 2.31. The van der Waals surface area contributed by atoms with Gasteiger partial charge in [0.15, 0.2) is 23.9 Å². The maximum atomic E-state index is 12.4. The van der Waals surface area contributed by atoms with Crippen LogP contribution in [0.25, 0.3) is 0 Å². The number of fused-ring (bicyclic) bond motifs is 1. The molecule has 138 valence electrons. The predicted molar refractivity (Wildman–Crippen MR) is 96.3 cm³/mol. The molecule has 1 aromatic heterocycles. The third-order valence-corrected chi connectivity index (χ3v) is 4.42.